The first-order chi connectivity index (χ1) is 13.2. The van der Waals surface area contributed by atoms with Crippen LogP contribution in [0.1, 0.15) is 30.0 Å². The third-order valence-corrected chi connectivity index (χ3v) is 5.01. The minimum Gasteiger partial charge on any atom is -0.489 e. The van der Waals surface area contributed by atoms with Crippen LogP contribution in [0.2, 0.25) is 5.02 Å². The zero-order valence-electron chi connectivity index (χ0n) is 15.7. The van der Waals surface area contributed by atoms with Gasteiger partial charge in [0.2, 0.25) is 0 Å². The van der Waals surface area contributed by atoms with Gasteiger partial charge in [-0.25, -0.2) is 0 Å². The van der Waals surface area contributed by atoms with Crippen LogP contribution in [0.25, 0.3) is 0 Å². The smallest absolute Gasteiger partial charge is 0.119 e. The van der Waals surface area contributed by atoms with E-state index in [0.29, 0.717) is 12.6 Å². The average Bonchev–Trinajstić information content (AvgIpc) is 2.72. The molecule has 0 heterocycles. The van der Waals surface area contributed by atoms with Gasteiger partial charge in [-0.05, 0) is 49.1 Å². The lowest BCUT2D eigenvalue weighted by Crippen LogP contribution is -2.25. The number of benzene rings is 3. The maximum Gasteiger partial charge on any atom is 0.119 e. The molecule has 0 bridgehead atoms. The molecule has 1 N–H and O–H groups in total. The topological polar surface area (TPSA) is 21.3 Å². The lowest BCUT2D eigenvalue weighted by molar-refractivity contribution is 0.306. The fourth-order valence-electron chi connectivity index (χ4n) is 2.90. The van der Waals surface area contributed by atoms with Crippen LogP contribution in [0.15, 0.2) is 78.9 Å². The van der Waals surface area contributed by atoms with E-state index in [9.17, 15) is 0 Å². The molecular weight excluding hydrogens is 354 g/mol. The van der Waals surface area contributed by atoms with Crippen molar-refractivity contribution in [1.82, 2.24) is 5.32 Å². The van der Waals surface area contributed by atoms with Crippen LogP contribution < -0.4 is 10.1 Å². The molecule has 0 spiro atoms. The summed E-state index contributed by atoms with van der Waals surface area (Å²) in [5, 5.41) is 4.33. The number of halogens is 1. The third-order valence-electron chi connectivity index (χ3n) is 4.64. The van der Waals surface area contributed by atoms with Crippen molar-refractivity contribution in [3.05, 3.63) is 101 Å². The Morgan fingerprint density at radius 2 is 1.56 bits per heavy atom. The molecule has 3 aromatic rings. The predicted molar refractivity (Wildman–Crippen MR) is 113 cm³/mol. The van der Waals surface area contributed by atoms with Crippen LogP contribution in [-0.4, -0.2) is 6.04 Å². The molecule has 3 aromatic carbocycles. The van der Waals surface area contributed by atoms with Crippen LogP contribution in [0.4, 0.5) is 0 Å². The van der Waals surface area contributed by atoms with E-state index in [0.717, 1.165) is 35.7 Å². The lowest BCUT2D eigenvalue weighted by atomic mass is 10.1. The number of rotatable bonds is 9. The van der Waals surface area contributed by atoms with Gasteiger partial charge >= 0.3 is 0 Å². The predicted octanol–water partition coefficient (Wildman–Crippen LogP) is 6.03. The number of hydrogen-bond donors (Lipinski definition) is 1. The highest BCUT2D eigenvalue weighted by molar-refractivity contribution is 6.31. The van der Waals surface area contributed by atoms with Crippen LogP contribution >= 0.6 is 11.6 Å². The van der Waals surface area contributed by atoms with Gasteiger partial charge in [-0.1, -0.05) is 72.3 Å². The maximum atomic E-state index is 6.16. The molecule has 2 nitrogen and oxygen atoms in total. The van der Waals surface area contributed by atoms with Crippen molar-refractivity contribution in [2.45, 2.75) is 39.0 Å². The summed E-state index contributed by atoms with van der Waals surface area (Å²) >= 11 is 6.16. The Balaban J connectivity index is 1.41. The third kappa shape index (κ3) is 6.42. The average molecular weight is 380 g/mol. The first kappa shape index (κ1) is 19.5. The Hall–Kier alpha value is -2.29. The molecule has 3 heteroatoms. The van der Waals surface area contributed by atoms with E-state index < -0.39 is 0 Å². The molecule has 0 radical (unpaired) electrons. The summed E-state index contributed by atoms with van der Waals surface area (Å²) < 4.78 is 5.84. The van der Waals surface area contributed by atoms with Gasteiger partial charge in [-0.3, -0.25) is 0 Å². The van der Waals surface area contributed by atoms with Crippen molar-refractivity contribution in [2.75, 3.05) is 0 Å². The standard InChI is InChI=1S/C24H26ClNO/c1-19(11-12-20-7-3-2-4-8-20)26-17-21-13-15-23(16-14-21)27-18-22-9-5-6-10-24(22)25/h2-10,13-16,19,26H,11-12,17-18H2,1H3. The van der Waals surface area contributed by atoms with E-state index in [-0.39, 0.29) is 0 Å². The minimum atomic E-state index is 0.473. The van der Waals surface area contributed by atoms with Crippen molar-refractivity contribution in [2.24, 2.45) is 0 Å². The molecule has 0 aromatic heterocycles. The zero-order chi connectivity index (χ0) is 18.9. The second-order valence-electron chi connectivity index (χ2n) is 6.83. The molecule has 1 atom stereocenters. The highest BCUT2D eigenvalue weighted by atomic mass is 35.5. The maximum absolute atomic E-state index is 6.16. The van der Waals surface area contributed by atoms with Gasteiger partial charge in [-0.15, -0.1) is 0 Å². The van der Waals surface area contributed by atoms with Gasteiger partial charge in [0.1, 0.15) is 12.4 Å². The minimum absolute atomic E-state index is 0.473. The van der Waals surface area contributed by atoms with E-state index in [4.69, 9.17) is 16.3 Å². The summed E-state index contributed by atoms with van der Waals surface area (Å²) in [5.74, 6) is 0.857. The summed E-state index contributed by atoms with van der Waals surface area (Å²) in [4.78, 5) is 0. The van der Waals surface area contributed by atoms with Crippen LogP contribution in [-0.2, 0) is 19.6 Å². The second-order valence-corrected chi connectivity index (χ2v) is 7.24. The molecule has 0 amide bonds. The van der Waals surface area contributed by atoms with Crippen LogP contribution in [0.3, 0.4) is 0 Å². The van der Waals surface area contributed by atoms with Gasteiger partial charge < -0.3 is 10.1 Å². The van der Waals surface area contributed by atoms with E-state index in [1.54, 1.807) is 0 Å². The molecule has 0 aliphatic heterocycles. The zero-order valence-corrected chi connectivity index (χ0v) is 16.5. The summed E-state index contributed by atoms with van der Waals surface area (Å²) in [7, 11) is 0. The first-order valence-corrected chi connectivity index (χ1v) is 9.81. The molecule has 0 aliphatic carbocycles. The SMILES string of the molecule is CC(CCc1ccccc1)NCc1ccc(OCc2ccccc2Cl)cc1. The van der Waals surface area contributed by atoms with E-state index in [1.165, 1.54) is 11.1 Å². The van der Waals surface area contributed by atoms with E-state index in [1.807, 2.05) is 36.4 Å². The van der Waals surface area contributed by atoms with Crippen molar-refractivity contribution in [3.8, 4) is 5.75 Å². The van der Waals surface area contributed by atoms with Gasteiger partial charge in [-0.2, -0.15) is 0 Å². The fraction of sp³-hybridized carbons (Fsp3) is 0.250. The number of ether oxygens (including phenoxy) is 1. The van der Waals surface area contributed by atoms with Crippen molar-refractivity contribution < 1.29 is 4.74 Å². The Morgan fingerprint density at radius 3 is 2.30 bits per heavy atom. The lowest BCUT2D eigenvalue weighted by Gasteiger charge is -2.14. The molecule has 1 unspecified atom stereocenters. The van der Waals surface area contributed by atoms with Crippen LogP contribution in [0.5, 0.6) is 5.75 Å². The molecule has 0 fully saturated rings. The Kier molecular flexibility index (Phi) is 7.32. The quantitative estimate of drug-likeness (QED) is 0.490. The van der Waals surface area contributed by atoms with Crippen molar-refractivity contribution >= 4 is 11.6 Å². The Labute approximate surface area is 167 Å². The first-order valence-electron chi connectivity index (χ1n) is 9.43. The number of nitrogens with one attached hydrogen (secondary N) is 1. The second kappa shape index (κ2) is 10.1. The van der Waals surface area contributed by atoms with E-state index in [2.05, 4.69) is 54.7 Å². The highest BCUT2D eigenvalue weighted by Gasteiger charge is 2.04. The van der Waals surface area contributed by atoms with Gasteiger partial charge in [0.15, 0.2) is 0 Å². The molecular formula is C24H26ClNO. The summed E-state index contributed by atoms with van der Waals surface area (Å²) in [5.41, 5.74) is 3.65. The van der Waals surface area contributed by atoms with Crippen molar-refractivity contribution in [1.29, 1.82) is 0 Å². The fourth-order valence-corrected chi connectivity index (χ4v) is 3.09. The van der Waals surface area contributed by atoms with Gasteiger partial charge in [0.25, 0.3) is 0 Å². The molecule has 3 rings (SSSR count). The number of aryl methyl sites for hydroxylation is 1. The summed E-state index contributed by atoms with van der Waals surface area (Å²) in [6.07, 6.45) is 2.23. The molecule has 140 valence electrons. The van der Waals surface area contributed by atoms with Crippen molar-refractivity contribution in [3.63, 3.8) is 0 Å². The monoisotopic (exact) mass is 379 g/mol. The Morgan fingerprint density at radius 1 is 0.852 bits per heavy atom. The number of hydrogen-bond acceptors (Lipinski definition) is 2. The molecule has 27 heavy (non-hydrogen) atoms. The van der Waals surface area contributed by atoms with Gasteiger partial charge in [0, 0.05) is 23.2 Å². The molecule has 0 aliphatic rings. The van der Waals surface area contributed by atoms with E-state index >= 15 is 0 Å². The highest BCUT2D eigenvalue weighted by Crippen LogP contribution is 2.19. The Bertz CT molecular complexity index is 817. The largest absolute Gasteiger partial charge is 0.489 e. The van der Waals surface area contributed by atoms with Gasteiger partial charge in [0.05, 0.1) is 0 Å². The summed E-state index contributed by atoms with van der Waals surface area (Å²) in [6, 6.07) is 27.1. The normalized spacial score (nSPS) is 11.9. The molecule has 0 saturated heterocycles. The van der Waals surface area contributed by atoms with Crippen LogP contribution in [0, 0.1) is 0 Å². The molecule has 0 saturated carbocycles. The summed E-state index contributed by atoms with van der Waals surface area (Å²) in [6.45, 7) is 3.58.